The monoisotopic (exact) mass is 303 g/mol. The minimum Gasteiger partial charge on any atom is -0.328 e. The maximum Gasteiger partial charge on any atom is 0.282 e. The van der Waals surface area contributed by atoms with Gasteiger partial charge in [0, 0.05) is 31.7 Å². The van der Waals surface area contributed by atoms with E-state index in [1.807, 2.05) is 6.92 Å². The van der Waals surface area contributed by atoms with Crippen LogP contribution in [-0.2, 0) is 10.2 Å². The van der Waals surface area contributed by atoms with Crippen molar-refractivity contribution in [2.75, 3.05) is 19.6 Å². The molecule has 1 saturated heterocycles. The Labute approximate surface area is 123 Å². The van der Waals surface area contributed by atoms with Gasteiger partial charge in [0.2, 0.25) is 0 Å². The second-order valence-corrected chi connectivity index (χ2v) is 8.24. The van der Waals surface area contributed by atoms with Gasteiger partial charge in [-0.25, -0.2) is 0 Å². The van der Waals surface area contributed by atoms with E-state index in [1.54, 1.807) is 8.61 Å². The lowest BCUT2D eigenvalue weighted by atomic mass is 9.92. The van der Waals surface area contributed by atoms with Crippen molar-refractivity contribution in [2.24, 2.45) is 11.7 Å². The van der Waals surface area contributed by atoms with E-state index in [9.17, 15) is 8.42 Å². The molecule has 0 aromatic rings. The van der Waals surface area contributed by atoms with Gasteiger partial charge in [-0.3, -0.25) is 0 Å². The molecule has 0 amide bonds. The molecule has 0 spiro atoms. The molecule has 0 unspecified atom stereocenters. The first kappa shape index (κ1) is 16.2. The average Bonchev–Trinajstić information content (AvgIpc) is 2.42. The molecule has 6 heteroatoms. The van der Waals surface area contributed by atoms with Crippen LogP contribution in [0, 0.1) is 5.92 Å². The Bertz CT molecular complexity index is 397. The molecule has 0 atom stereocenters. The van der Waals surface area contributed by atoms with E-state index in [4.69, 9.17) is 5.73 Å². The fourth-order valence-electron chi connectivity index (χ4n) is 3.36. The van der Waals surface area contributed by atoms with Crippen molar-refractivity contribution in [1.29, 1.82) is 0 Å². The summed E-state index contributed by atoms with van der Waals surface area (Å²) in [7, 11) is -3.29. The topological polar surface area (TPSA) is 66.6 Å². The van der Waals surface area contributed by atoms with Crippen LogP contribution < -0.4 is 5.73 Å². The molecule has 1 saturated carbocycles. The summed E-state index contributed by atoms with van der Waals surface area (Å²) in [6, 6.07) is 0.396. The van der Waals surface area contributed by atoms with Crippen molar-refractivity contribution in [3.05, 3.63) is 0 Å². The van der Waals surface area contributed by atoms with Crippen molar-refractivity contribution in [1.82, 2.24) is 8.61 Å². The van der Waals surface area contributed by atoms with Gasteiger partial charge in [-0.1, -0.05) is 13.8 Å². The largest absolute Gasteiger partial charge is 0.328 e. The first-order valence-electron chi connectivity index (χ1n) is 7.97. The van der Waals surface area contributed by atoms with Crippen LogP contribution >= 0.6 is 0 Å². The summed E-state index contributed by atoms with van der Waals surface area (Å²) in [5, 5.41) is 0. The highest BCUT2D eigenvalue weighted by Gasteiger charge is 2.36. The summed E-state index contributed by atoms with van der Waals surface area (Å²) < 4.78 is 29.1. The maximum absolute atomic E-state index is 12.8. The van der Waals surface area contributed by atoms with E-state index in [2.05, 4.69) is 6.92 Å². The van der Waals surface area contributed by atoms with E-state index in [0.717, 1.165) is 38.5 Å². The lowest BCUT2D eigenvalue weighted by Crippen LogP contribution is -2.52. The predicted octanol–water partition coefficient (Wildman–Crippen LogP) is 1.55. The number of nitrogens with zero attached hydrogens (tertiary/aromatic N) is 2. The first-order chi connectivity index (χ1) is 9.45. The molecule has 0 radical (unpaired) electrons. The fourth-order valence-corrected chi connectivity index (χ4v) is 5.25. The van der Waals surface area contributed by atoms with Crippen molar-refractivity contribution in [3.8, 4) is 0 Å². The van der Waals surface area contributed by atoms with Crippen molar-refractivity contribution < 1.29 is 8.42 Å². The number of nitrogens with two attached hydrogens (primary N) is 1. The van der Waals surface area contributed by atoms with Crippen LogP contribution in [0.2, 0.25) is 0 Å². The normalized spacial score (nSPS) is 30.8. The molecule has 118 valence electrons. The molecule has 1 heterocycles. The standard InChI is InChI=1S/C14H29N3O2S/c1-3-17(14-6-4-13(15)5-7-14)20(18,19)16-10-8-12(2)9-11-16/h12-14H,3-11,15H2,1-2H3. The maximum atomic E-state index is 12.8. The zero-order valence-corrected chi connectivity index (χ0v) is 13.6. The van der Waals surface area contributed by atoms with Crippen molar-refractivity contribution in [3.63, 3.8) is 0 Å². The number of hydrogen-bond donors (Lipinski definition) is 1. The van der Waals surface area contributed by atoms with E-state index in [1.165, 1.54) is 0 Å². The Morgan fingerprint density at radius 2 is 1.65 bits per heavy atom. The molecular weight excluding hydrogens is 274 g/mol. The van der Waals surface area contributed by atoms with Crippen LogP contribution in [0.15, 0.2) is 0 Å². The van der Waals surface area contributed by atoms with Crippen LogP contribution in [-0.4, -0.2) is 48.7 Å². The highest BCUT2D eigenvalue weighted by atomic mass is 32.2. The van der Waals surface area contributed by atoms with E-state index in [-0.39, 0.29) is 12.1 Å². The van der Waals surface area contributed by atoms with Crippen LogP contribution in [0.1, 0.15) is 52.4 Å². The summed E-state index contributed by atoms with van der Waals surface area (Å²) in [6.45, 7) is 6.05. The van der Waals surface area contributed by atoms with Gasteiger partial charge in [0.15, 0.2) is 0 Å². The molecule has 0 aromatic carbocycles. The number of hydrogen-bond acceptors (Lipinski definition) is 3. The molecule has 2 aliphatic rings. The average molecular weight is 303 g/mol. The zero-order valence-electron chi connectivity index (χ0n) is 12.8. The number of piperidine rings is 1. The number of rotatable bonds is 4. The highest BCUT2D eigenvalue weighted by Crippen LogP contribution is 2.27. The summed E-state index contributed by atoms with van der Waals surface area (Å²) in [6.07, 6.45) is 5.64. The van der Waals surface area contributed by atoms with Gasteiger partial charge in [-0.05, 0) is 44.4 Å². The Hall–Kier alpha value is -0.170. The van der Waals surface area contributed by atoms with Gasteiger partial charge >= 0.3 is 0 Å². The second-order valence-electron chi connectivity index (χ2n) is 6.36. The third kappa shape index (κ3) is 3.53. The Kier molecular flexibility index (Phi) is 5.45. The third-order valence-electron chi connectivity index (χ3n) is 4.83. The minimum atomic E-state index is -3.29. The van der Waals surface area contributed by atoms with Gasteiger partial charge in [-0.2, -0.15) is 17.0 Å². The van der Waals surface area contributed by atoms with Gasteiger partial charge in [0.1, 0.15) is 0 Å². The molecule has 0 aromatic heterocycles. The fraction of sp³-hybridized carbons (Fsp3) is 1.00. The van der Waals surface area contributed by atoms with Gasteiger partial charge in [0.25, 0.3) is 10.2 Å². The Morgan fingerprint density at radius 3 is 2.15 bits per heavy atom. The molecule has 2 rings (SSSR count). The molecule has 1 aliphatic carbocycles. The van der Waals surface area contributed by atoms with Crippen molar-refractivity contribution >= 4 is 10.2 Å². The van der Waals surface area contributed by atoms with Crippen LogP contribution in [0.4, 0.5) is 0 Å². The Balaban J connectivity index is 2.05. The molecule has 5 nitrogen and oxygen atoms in total. The van der Waals surface area contributed by atoms with Gasteiger partial charge in [0.05, 0.1) is 0 Å². The van der Waals surface area contributed by atoms with E-state index < -0.39 is 10.2 Å². The molecule has 20 heavy (non-hydrogen) atoms. The highest BCUT2D eigenvalue weighted by molar-refractivity contribution is 7.86. The van der Waals surface area contributed by atoms with E-state index in [0.29, 0.717) is 25.6 Å². The molecule has 1 aliphatic heterocycles. The van der Waals surface area contributed by atoms with Crippen LogP contribution in [0.3, 0.4) is 0 Å². The van der Waals surface area contributed by atoms with Crippen molar-refractivity contribution in [2.45, 2.75) is 64.5 Å². The quantitative estimate of drug-likeness (QED) is 0.857. The van der Waals surface area contributed by atoms with Crippen LogP contribution in [0.25, 0.3) is 0 Å². The smallest absolute Gasteiger partial charge is 0.282 e. The SMILES string of the molecule is CCN(C1CCC(N)CC1)S(=O)(=O)N1CCC(C)CC1. The summed E-state index contributed by atoms with van der Waals surface area (Å²) in [5.41, 5.74) is 5.93. The van der Waals surface area contributed by atoms with Crippen LogP contribution in [0.5, 0.6) is 0 Å². The van der Waals surface area contributed by atoms with Gasteiger partial charge < -0.3 is 5.73 Å². The van der Waals surface area contributed by atoms with E-state index >= 15 is 0 Å². The summed E-state index contributed by atoms with van der Waals surface area (Å²) in [5.74, 6) is 0.643. The Morgan fingerprint density at radius 1 is 1.10 bits per heavy atom. The zero-order chi connectivity index (χ0) is 14.8. The molecular formula is C14H29N3O2S. The third-order valence-corrected chi connectivity index (χ3v) is 6.99. The first-order valence-corrected chi connectivity index (χ1v) is 9.37. The second kappa shape index (κ2) is 6.73. The molecule has 2 fully saturated rings. The molecule has 0 bridgehead atoms. The lowest BCUT2D eigenvalue weighted by molar-refractivity contribution is 0.214. The predicted molar refractivity (Wildman–Crippen MR) is 81.5 cm³/mol. The lowest BCUT2D eigenvalue weighted by Gasteiger charge is -2.39. The summed E-state index contributed by atoms with van der Waals surface area (Å²) in [4.78, 5) is 0. The minimum absolute atomic E-state index is 0.143. The molecule has 2 N–H and O–H groups in total. The summed E-state index contributed by atoms with van der Waals surface area (Å²) >= 11 is 0. The van der Waals surface area contributed by atoms with Gasteiger partial charge in [-0.15, -0.1) is 0 Å².